The Hall–Kier alpha value is -0.940. The molecule has 0 aliphatic heterocycles. The van der Waals surface area contributed by atoms with Gasteiger partial charge in [-0.1, -0.05) is 19.9 Å². The van der Waals surface area contributed by atoms with Crippen LogP contribution in [0, 0.1) is 11.7 Å². The number of benzene rings is 1. The second-order valence-electron chi connectivity index (χ2n) is 4.83. The first-order valence-electron chi connectivity index (χ1n) is 5.78. The van der Waals surface area contributed by atoms with Crippen molar-refractivity contribution in [1.82, 2.24) is 5.32 Å². The molecule has 18 heavy (non-hydrogen) atoms. The summed E-state index contributed by atoms with van der Waals surface area (Å²) in [5, 5.41) is 2.81. The number of halogens is 2. The molecule has 0 spiro atoms. The topological polar surface area (TPSA) is 55.1 Å². The molecule has 1 atom stereocenters. The van der Waals surface area contributed by atoms with E-state index in [1.165, 1.54) is 6.07 Å². The molecule has 3 nitrogen and oxygen atoms in total. The minimum Gasteiger partial charge on any atom is -0.345 e. The predicted molar refractivity (Wildman–Crippen MR) is 73.9 cm³/mol. The van der Waals surface area contributed by atoms with E-state index in [-0.39, 0.29) is 11.5 Å². The van der Waals surface area contributed by atoms with Crippen LogP contribution in [0.2, 0.25) is 0 Å². The van der Waals surface area contributed by atoms with Crippen LogP contribution in [0.5, 0.6) is 0 Å². The second-order valence-corrected chi connectivity index (χ2v) is 5.68. The summed E-state index contributed by atoms with van der Waals surface area (Å²) in [7, 11) is 0. The van der Waals surface area contributed by atoms with Gasteiger partial charge in [-0.25, -0.2) is 4.39 Å². The molecule has 1 amide bonds. The molecule has 0 heterocycles. The molecule has 0 saturated heterocycles. The molecular formula is C13H18BrFN2O. The maximum Gasteiger partial charge on any atom is 0.255 e. The fraction of sp³-hybridized carbons (Fsp3) is 0.462. The molecule has 0 aromatic heterocycles. The number of nitrogens with two attached hydrogens (primary N) is 1. The van der Waals surface area contributed by atoms with Crippen LogP contribution in [-0.2, 0) is 0 Å². The first-order chi connectivity index (χ1) is 8.31. The van der Waals surface area contributed by atoms with Crippen LogP contribution in [0.15, 0.2) is 22.7 Å². The summed E-state index contributed by atoms with van der Waals surface area (Å²) in [6.07, 6.45) is 0. The standard InChI is InChI=1S/C13H18BrFN2O/c1-8(2)13(3,7-16)17-12(18)11-9(14)5-4-6-10(11)15/h4-6,8H,7,16H2,1-3H3,(H,17,18). The Morgan fingerprint density at radius 2 is 2.17 bits per heavy atom. The Labute approximate surface area is 115 Å². The largest absolute Gasteiger partial charge is 0.345 e. The summed E-state index contributed by atoms with van der Waals surface area (Å²) in [6.45, 7) is 6.07. The lowest BCUT2D eigenvalue weighted by Gasteiger charge is -2.33. The van der Waals surface area contributed by atoms with Crippen molar-refractivity contribution >= 4 is 21.8 Å². The van der Waals surface area contributed by atoms with Crippen molar-refractivity contribution in [2.75, 3.05) is 6.54 Å². The first-order valence-corrected chi connectivity index (χ1v) is 6.57. The lowest BCUT2D eigenvalue weighted by Crippen LogP contribution is -2.55. The van der Waals surface area contributed by atoms with Gasteiger partial charge in [0.15, 0.2) is 0 Å². The van der Waals surface area contributed by atoms with Gasteiger partial charge in [0.1, 0.15) is 5.82 Å². The number of hydrogen-bond donors (Lipinski definition) is 2. The molecule has 1 aromatic rings. The van der Waals surface area contributed by atoms with Crippen LogP contribution >= 0.6 is 15.9 Å². The van der Waals surface area contributed by atoms with E-state index in [2.05, 4.69) is 21.2 Å². The Morgan fingerprint density at radius 3 is 2.61 bits per heavy atom. The number of nitrogens with one attached hydrogen (secondary N) is 1. The van der Waals surface area contributed by atoms with Gasteiger partial charge in [-0.3, -0.25) is 4.79 Å². The molecule has 0 aliphatic rings. The highest BCUT2D eigenvalue weighted by Crippen LogP contribution is 2.22. The summed E-state index contributed by atoms with van der Waals surface area (Å²) in [4.78, 5) is 12.1. The van der Waals surface area contributed by atoms with E-state index < -0.39 is 17.3 Å². The zero-order valence-electron chi connectivity index (χ0n) is 10.8. The van der Waals surface area contributed by atoms with E-state index in [1.54, 1.807) is 12.1 Å². The molecule has 1 rings (SSSR count). The van der Waals surface area contributed by atoms with Gasteiger partial charge in [0.05, 0.1) is 11.1 Å². The smallest absolute Gasteiger partial charge is 0.255 e. The quantitative estimate of drug-likeness (QED) is 0.897. The summed E-state index contributed by atoms with van der Waals surface area (Å²) >= 11 is 3.18. The summed E-state index contributed by atoms with van der Waals surface area (Å²) < 4.78 is 14.1. The summed E-state index contributed by atoms with van der Waals surface area (Å²) in [6, 6.07) is 4.43. The lowest BCUT2D eigenvalue weighted by molar-refractivity contribution is 0.0878. The maximum atomic E-state index is 13.7. The van der Waals surface area contributed by atoms with Crippen LogP contribution in [0.25, 0.3) is 0 Å². The van der Waals surface area contributed by atoms with Gasteiger partial charge in [-0.05, 0) is 40.9 Å². The molecule has 0 bridgehead atoms. The van der Waals surface area contributed by atoms with Gasteiger partial charge in [0, 0.05) is 11.0 Å². The van der Waals surface area contributed by atoms with Gasteiger partial charge in [-0.15, -0.1) is 0 Å². The first kappa shape index (κ1) is 15.1. The van der Waals surface area contributed by atoms with Crippen molar-refractivity contribution in [2.24, 2.45) is 11.7 Å². The summed E-state index contributed by atoms with van der Waals surface area (Å²) in [5.41, 5.74) is 5.15. The van der Waals surface area contributed by atoms with Crippen LogP contribution in [0.1, 0.15) is 31.1 Å². The number of hydrogen-bond acceptors (Lipinski definition) is 2. The number of amides is 1. The van der Waals surface area contributed by atoms with Crippen LogP contribution < -0.4 is 11.1 Å². The molecule has 0 fully saturated rings. The highest BCUT2D eigenvalue weighted by molar-refractivity contribution is 9.10. The van der Waals surface area contributed by atoms with E-state index in [0.29, 0.717) is 11.0 Å². The Kier molecular flexibility index (Phi) is 4.87. The monoisotopic (exact) mass is 316 g/mol. The molecule has 0 saturated carbocycles. The van der Waals surface area contributed by atoms with Crippen LogP contribution in [-0.4, -0.2) is 18.0 Å². The molecular weight excluding hydrogens is 299 g/mol. The third-order valence-corrected chi connectivity index (χ3v) is 3.95. The van der Waals surface area contributed by atoms with Crippen LogP contribution in [0.3, 0.4) is 0 Å². The normalized spacial score (nSPS) is 14.4. The molecule has 1 aromatic carbocycles. The van der Waals surface area contributed by atoms with Crippen molar-refractivity contribution in [2.45, 2.75) is 26.3 Å². The van der Waals surface area contributed by atoms with E-state index in [4.69, 9.17) is 5.73 Å². The van der Waals surface area contributed by atoms with Crippen molar-refractivity contribution in [1.29, 1.82) is 0 Å². The Balaban J connectivity index is 3.02. The average molecular weight is 317 g/mol. The highest BCUT2D eigenvalue weighted by Gasteiger charge is 2.30. The fourth-order valence-corrected chi connectivity index (χ4v) is 1.99. The minimum absolute atomic E-state index is 0.0119. The van der Waals surface area contributed by atoms with Crippen molar-refractivity contribution in [3.05, 3.63) is 34.1 Å². The minimum atomic E-state index is -0.557. The maximum absolute atomic E-state index is 13.7. The van der Waals surface area contributed by atoms with Crippen molar-refractivity contribution in [3.63, 3.8) is 0 Å². The second kappa shape index (κ2) is 5.80. The SMILES string of the molecule is CC(C)C(C)(CN)NC(=O)c1c(F)cccc1Br. The van der Waals surface area contributed by atoms with Gasteiger partial charge in [0.25, 0.3) is 5.91 Å². The van der Waals surface area contributed by atoms with Gasteiger partial charge in [0.2, 0.25) is 0 Å². The molecule has 0 radical (unpaired) electrons. The number of rotatable bonds is 4. The molecule has 0 aliphatic carbocycles. The molecule has 1 unspecified atom stereocenters. The van der Waals surface area contributed by atoms with Crippen molar-refractivity contribution in [3.8, 4) is 0 Å². The average Bonchev–Trinajstić information content (AvgIpc) is 2.28. The van der Waals surface area contributed by atoms with Gasteiger partial charge < -0.3 is 11.1 Å². The fourth-order valence-electron chi connectivity index (χ4n) is 1.47. The summed E-state index contributed by atoms with van der Waals surface area (Å²) in [5.74, 6) is -0.858. The molecule has 5 heteroatoms. The Bertz CT molecular complexity index is 430. The van der Waals surface area contributed by atoms with Crippen LogP contribution in [0.4, 0.5) is 4.39 Å². The van der Waals surface area contributed by atoms with E-state index in [1.807, 2.05) is 20.8 Å². The zero-order chi connectivity index (χ0) is 13.9. The number of carbonyl (C=O) groups excluding carboxylic acids is 1. The third kappa shape index (κ3) is 3.09. The van der Waals surface area contributed by atoms with Gasteiger partial charge in [-0.2, -0.15) is 0 Å². The highest BCUT2D eigenvalue weighted by atomic mass is 79.9. The lowest BCUT2D eigenvalue weighted by atomic mass is 9.88. The zero-order valence-corrected chi connectivity index (χ0v) is 12.3. The molecule has 100 valence electrons. The van der Waals surface area contributed by atoms with E-state index >= 15 is 0 Å². The Morgan fingerprint density at radius 1 is 1.56 bits per heavy atom. The number of carbonyl (C=O) groups is 1. The van der Waals surface area contributed by atoms with E-state index in [0.717, 1.165) is 0 Å². The predicted octanol–water partition coefficient (Wildman–Crippen LogP) is 2.69. The van der Waals surface area contributed by atoms with Crippen molar-refractivity contribution < 1.29 is 9.18 Å². The molecule has 3 N–H and O–H groups in total. The van der Waals surface area contributed by atoms with Gasteiger partial charge >= 0.3 is 0 Å². The van der Waals surface area contributed by atoms with E-state index in [9.17, 15) is 9.18 Å². The third-order valence-electron chi connectivity index (χ3n) is 3.29.